The van der Waals surface area contributed by atoms with E-state index in [4.69, 9.17) is 4.42 Å². The molecule has 0 radical (unpaired) electrons. The highest BCUT2D eigenvalue weighted by molar-refractivity contribution is 7.86. The fourth-order valence-corrected chi connectivity index (χ4v) is 6.50. The summed E-state index contributed by atoms with van der Waals surface area (Å²) in [5.74, 6) is -2.48. The third-order valence-electron chi connectivity index (χ3n) is 8.17. The van der Waals surface area contributed by atoms with E-state index >= 15 is 0 Å². The first-order valence-corrected chi connectivity index (χ1v) is 14.5. The first-order valence-electron chi connectivity index (χ1n) is 13.0. The normalized spacial score (nSPS) is 24.2. The Balaban J connectivity index is 1.21. The van der Waals surface area contributed by atoms with Gasteiger partial charge in [0.05, 0.1) is 6.07 Å². The van der Waals surface area contributed by atoms with Crippen molar-refractivity contribution in [3.05, 3.63) is 59.9 Å². The van der Waals surface area contributed by atoms with Gasteiger partial charge in [0.25, 0.3) is 5.91 Å². The second-order valence-electron chi connectivity index (χ2n) is 11.0. The summed E-state index contributed by atoms with van der Waals surface area (Å²) in [5, 5.41) is 15.4. The lowest BCUT2D eigenvalue weighted by molar-refractivity contribution is -0.133. The van der Waals surface area contributed by atoms with Crippen molar-refractivity contribution in [2.45, 2.75) is 61.4 Å². The number of amides is 2. The van der Waals surface area contributed by atoms with E-state index in [0.717, 1.165) is 16.7 Å². The Labute approximate surface area is 226 Å². The van der Waals surface area contributed by atoms with E-state index < -0.39 is 52.5 Å². The smallest absolute Gasteiger partial charge is 0.287 e. The summed E-state index contributed by atoms with van der Waals surface area (Å²) >= 11 is 0. The number of hydrogen-bond acceptors (Lipinski definition) is 5. The molecule has 0 bridgehead atoms. The summed E-state index contributed by atoms with van der Waals surface area (Å²) < 4.78 is 45.2. The van der Waals surface area contributed by atoms with E-state index in [9.17, 15) is 27.8 Å². The highest BCUT2D eigenvalue weighted by Gasteiger charge is 2.53. The van der Waals surface area contributed by atoms with Gasteiger partial charge in [-0.1, -0.05) is 36.4 Å². The summed E-state index contributed by atoms with van der Waals surface area (Å²) in [6.45, 7) is 0. The van der Waals surface area contributed by atoms with Gasteiger partial charge in [0.15, 0.2) is 5.76 Å². The lowest BCUT2D eigenvalue weighted by Gasteiger charge is -2.39. The molecule has 2 amide bonds. The minimum Gasteiger partial charge on any atom is -0.451 e. The Morgan fingerprint density at radius 3 is 2.21 bits per heavy atom. The van der Waals surface area contributed by atoms with Gasteiger partial charge in [0.1, 0.15) is 16.7 Å². The highest BCUT2D eigenvalue weighted by atomic mass is 32.2. The SMILES string of the molecule is N#CC1(NC(=O)C2(NC(=O)c3cc4ccc(-c5ccc(C6CS(=O)C6)cc5)cc4o3)CCC(F)(F)CC2)CC1. The van der Waals surface area contributed by atoms with Crippen LogP contribution in [-0.2, 0) is 15.6 Å². The quantitative estimate of drug-likeness (QED) is 0.457. The molecule has 0 unspecified atom stereocenters. The van der Waals surface area contributed by atoms with Crippen LogP contribution < -0.4 is 10.6 Å². The average Bonchev–Trinajstić information content (AvgIpc) is 3.55. The number of halogens is 2. The third kappa shape index (κ3) is 4.96. The molecule has 0 spiro atoms. The number of benzene rings is 2. The van der Waals surface area contributed by atoms with E-state index in [1.165, 1.54) is 0 Å². The molecule has 1 aliphatic heterocycles. The van der Waals surface area contributed by atoms with Crippen molar-refractivity contribution in [3.63, 3.8) is 0 Å². The molecule has 2 aromatic carbocycles. The van der Waals surface area contributed by atoms with Crippen molar-refractivity contribution in [3.8, 4) is 17.2 Å². The van der Waals surface area contributed by atoms with E-state index in [1.807, 2.05) is 42.5 Å². The van der Waals surface area contributed by atoms with Crippen LogP contribution in [0.1, 0.15) is 60.6 Å². The van der Waals surface area contributed by atoms with Gasteiger partial charge in [-0.05, 0) is 54.5 Å². The summed E-state index contributed by atoms with van der Waals surface area (Å²) in [6.07, 6.45) is -0.578. The molecular weight excluding hydrogens is 524 g/mol. The molecule has 1 saturated heterocycles. The van der Waals surface area contributed by atoms with Crippen LogP contribution in [0.4, 0.5) is 8.78 Å². The van der Waals surface area contributed by atoms with Crippen molar-refractivity contribution < 1.29 is 27.0 Å². The van der Waals surface area contributed by atoms with E-state index in [2.05, 4.69) is 16.7 Å². The minimum atomic E-state index is -2.91. The monoisotopic (exact) mass is 551 g/mol. The summed E-state index contributed by atoms with van der Waals surface area (Å²) in [7, 11) is -0.709. The first-order chi connectivity index (χ1) is 18.6. The van der Waals surface area contributed by atoms with Crippen molar-refractivity contribution in [2.75, 3.05) is 11.5 Å². The zero-order valence-electron chi connectivity index (χ0n) is 21.1. The molecule has 3 aromatic rings. The zero-order chi connectivity index (χ0) is 27.4. The Kier molecular flexibility index (Phi) is 6.10. The summed E-state index contributed by atoms with van der Waals surface area (Å²) in [4.78, 5) is 26.5. The highest BCUT2D eigenvalue weighted by Crippen LogP contribution is 2.41. The van der Waals surface area contributed by atoms with E-state index in [0.29, 0.717) is 41.2 Å². The second-order valence-corrected chi connectivity index (χ2v) is 12.5. The molecule has 10 heteroatoms. The van der Waals surface area contributed by atoms with Gasteiger partial charge in [-0.2, -0.15) is 5.26 Å². The van der Waals surface area contributed by atoms with Crippen LogP contribution in [0.15, 0.2) is 52.9 Å². The van der Waals surface area contributed by atoms with Crippen LogP contribution in [0.2, 0.25) is 0 Å². The maximum absolute atomic E-state index is 14.0. The van der Waals surface area contributed by atoms with Gasteiger partial charge in [0, 0.05) is 46.5 Å². The number of nitrogens with one attached hydrogen (secondary N) is 2. The average molecular weight is 552 g/mol. The molecule has 39 heavy (non-hydrogen) atoms. The fraction of sp³-hybridized carbons (Fsp3) is 0.414. The number of nitriles is 1. The Bertz CT molecular complexity index is 1520. The predicted molar refractivity (Wildman–Crippen MR) is 142 cm³/mol. The number of fused-ring (bicyclic) bond motifs is 1. The fourth-order valence-electron chi connectivity index (χ4n) is 5.32. The number of carbonyl (C=O) groups is 2. The molecule has 202 valence electrons. The van der Waals surface area contributed by atoms with Crippen LogP contribution >= 0.6 is 0 Å². The van der Waals surface area contributed by atoms with Gasteiger partial charge in [-0.3, -0.25) is 13.8 Å². The molecule has 6 rings (SSSR count). The molecule has 0 atom stereocenters. The number of nitrogens with zero attached hydrogens (tertiary/aromatic N) is 1. The lowest BCUT2D eigenvalue weighted by atomic mass is 9.78. The van der Waals surface area contributed by atoms with Crippen LogP contribution in [0, 0.1) is 11.3 Å². The zero-order valence-corrected chi connectivity index (χ0v) is 21.9. The van der Waals surface area contributed by atoms with Crippen LogP contribution in [0.3, 0.4) is 0 Å². The predicted octanol–water partition coefficient (Wildman–Crippen LogP) is 4.80. The molecule has 2 N–H and O–H groups in total. The van der Waals surface area contributed by atoms with Gasteiger partial charge in [0.2, 0.25) is 11.8 Å². The third-order valence-corrected chi connectivity index (χ3v) is 9.72. The number of hydrogen-bond donors (Lipinski definition) is 2. The molecule has 2 aliphatic carbocycles. The number of furan rings is 1. The van der Waals surface area contributed by atoms with E-state index in [1.54, 1.807) is 6.07 Å². The molecule has 2 heterocycles. The standard InChI is InChI=1S/C29H27F2N3O4S/c30-29(31)11-9-28(10-12-29,26(36)34-27(17-32)7-8-27)33-25(35)24-14-21-6-5-20(13-23(21)38-24)18-1-3-19(4-2-18)22-15-39(37)16-22/h1-6,13-14,22H,7-12,15-16H2,(H,33,35)(H,34,36). The van der Waals surface area contributed by atoms with Crippen molar-refractivity contribution in [1.82, 2.24) is 10.6 Å². The molecule has 7 nitrogen and oxygen atoms in total. The summed E-state index contributed by atoms with van der Waals surface area (Å²) in [6, 6.07) is 17.3. The van der Waals surface area contributed by atoms with Crippen LogP contribution in [0.25, 0.3) is 22.1 Å². The summed E-state index contributed by atoms with van der Waals surface area (Å²) in [5.41, 5.74) is 0.963. The topological polar surface area (TPSA) is 112 Å². The van der Waals surface area contributed by atoms with Crippen molar-refractivity contribution >= 4 is 33.6 Å². The van der Waals surface area contributed by atoms with Crippen LogP contribution in [-0.4, -0.2) is 44.5 Å². The molecule has 1 aromatic heterocycles. The Hall–Kier alpha value is -3.58. The van der Waals surface area contributed by atoms with Gasteiger partial charge in [-0.25, -0.2) is 8.78 Å². The largest absolute Gasteiger partial charge is 0.451 e. The number of rotatable bonds is 6. The molecule has 2 saturated carbocycles. The second kappa shape index (κ2) is 9.26. The Morgan fingerprint density at radius 2 is 1.59 bits per heavy atom. The first kappa shape index (κ1) is 25.7. The van der Waals surface area contributed by atoms with Gasteiger partial charge in [-0.15, -0.1) is 0 Å². The van der Waals surface area contributed by atoms with Crippen molar-refractivity contribution in [2.24, 2.45) is 0 Å². The number of alkyl halides is 2. The molecule has 3 aliphatic rings. The van der Waals surface area contributed by atoms with Gasteiger partial charge >= 0.3 is 0 Å². The Morgan fingerprint density at radius 1 is 0.923 bits per heavy atom. The minimum absolute atomic E-state index is 0.0265. The van der Waals surface area contributed by atoms with Crippen molar-refractivity contribution in [1.29, 1.82) is 5.26 Å². The van der Waals surface area contributed by atoms with Crippen LogP contribution in [0.5, 0.6) is 0 Å². The molecule has 3 fully saturated rings. The van der Waals surface area contributed by atoms with E-state index in [-0.39, 0.29) is 18.6 Å². The van der Waals surface area contributed by atoms with Gasteiger partial charge < -0.3 is 15.1 Å². The maximum atomic E-state index is 14.0. The number of carbonyl (C=O) groups excluding carboxylic acids is 2. The molecular formula is C29H27F2N3O4S. The lowest BCUT2D eigenvalue weighted by Crippen LogP contribution is -2.62. The maximum Gasteiger partial charge on any atom is 0.287 e.